The Labute approximate surface area is 163 Å². The number of carbonyl (C=O) groups excluding carboxylic acids is 1. The summed E-state index contributed by atoms with van der Waals surface area (Å²) in [6.45, 7) is 2.07. The van der Waals surface area contributed by atoms with Crippen LogP contribution in [-0.4, -0.2) is 48.1 Å². The van der Waals surface area contributed by atoms with Crippen LogP contribution in [0.25, 0.3) is 0 Å². The second kappa shape index (κ2) is 8.75. The zero-order valence-electron chi connectivity index (χ0n) is 15.1. The van der Waals surface area contributed by atoms with Crippen LogP contribution in [0.4, 0.5) is 32.2 Å². The van der Waals surface area contributed by atoms with Gasteiger partial charge in [-0.15, -0.1) is 0 Å². The molecule has 2 heterocycles. The first-order valence-electron chi connectivity index (χ1n) is 8.75. The Morgan fingerprint density at radius 3 is 2.32 bits per heavy atom. The van der Waals surface area contributed by atoms with Crippen molar-refractivity contribution in [2.24, 2.45) is 5.92 Å². The zero-order chi connectivity index (χ0) is 21.1. The lowest BCUT2D eigenvalue weighted by Crippen LogP contribution is -2.43. The lowest BCUT2D eigenvalue weighted by Gasteiger charge is -2.35. The van der Waals surface area contributed by atoms with Gasteiger partial charge in [-0.3, -0.25) is 4.79 Å². The number of piperidine rings is 1. The lowest BCUT2D eigenvalue weighted by molar-refractivity contribution is -0.147. The number of halogens is 7. The van der Waals surface area contributed by atoms with E-state index in [0.717, 1.165) is 6.07 Å². The quantitative estimate of drug-likeness (QED) is 0.630. The number of hydrogen-bond acceptors (Lipinski definition) is 3. The summed E-state index contributed by atoms with van der Waals surface area (Å²) in [6, 6.07) is 0.803. The van der Waals surface area contributed by atoms with Gasteiger partial charge < -0.3 is 9.80 Å². The second-order valence-corrected chi connectivity index (χ2v) is 6.98. The monoisotopic (exact) mass is 431 g/mol. The number of nitrogens with zero attached hydrogens (tertiary/aromatic N) is 3. The molecule has 0 aromatic carbocycles. The Morgan fingerprint density at radius 1 is 1.25 bits per heavy atom. The predicted molar refractivity (Wildman–Crippen MR) is 92.1 cm³/mol. The van der Waals surface area contributed by atoms with Gasteiger partial charge in [-0.2, -0.15) is 26.3 Å². The minimum atomic E-state index is -4.55. The third-order valence-electron chi connectivity index (χ3n) is 4.65. The third kappa shape index (κ3) is 5.89. The van der Waals surface area contributed by atoms with Crippen LogP contribution >= 0.6 is 11.6 Å². The van der Waals surface area contributed by atoms with E-state index in [2.05, 4.69) is 4.98 Å². The zero-order valence-corrected chi connectivity index (χ0v) is 15.8. The standard InChI is InChI=1S/C17H20ClF6N3O/c1-2-26(8-5-16(19,20)21)15(28)11-3-6-27(7-4-11)14-13(18)9-12(10-25-14)17(22,23)24/h9-11H,2-8H2,1H3. The van der Waals surface area contributed by atoms with Crippen molar-refractivity contribution in [2.75, 3.05) is 31.1 Å². The molecule has 11 heteroatoms. The highest BCUT2D eigenvalue weighted by molar-refractivity contribution is 6.33. The Kier molecular flexibility index (Phi) is 7.06. The highest BCUT2D eigenvalue weighted by Crippen LogP contribution is 2.35. The van der Waals surface area contributed by atoms with E-state index in [1.165, 1.54) is 4.90 Å². The molecule has 0 aliphatic carbocycles. The van der Waals surface area contributed by atoms with Crippen molar-refractivity contribution in [3.8, 4) is 0 Å². The Balaban J connectivity index is 1.97. The van der Waals surface area contributed by atoms with Crippen molar-refractivity contribution < 1.29 is 31.1 Å². The van der Waals surface area contributed by atoms with Crippen molar-refractivity contribution in [2.45, 2.75) is 38.5 Å². The fourth-order valence-electron chi connectivity index (χ4n) is 3.10. The van der Waals surface area contributed by atoms with Crippen LogP contribution in [0.2, 0.25) is 5.02 Å². The SMILES string of the molecule is CCN(CCC(F)(F)F)C(=O)C1CCN(c2ncc(C(F)(F)F)cc2Cl)CC1. The first-order chi connectivity index (χ1) is 12.9. The molecular formula is C17H20ClF6N3O. The van der Waals surface area contributed by atoms with Crippen LogP contribution < -0.4 is 4.90 Å². The molecule has 4 nitrogen and oxygen atoms in total. The maximum absolute atomic E-state index is 12.7. The molecule has 28 heavy (non-hydrogen) atoms. The molecule has 1 aromatic heterocycles. The van der Waals surface area contributed by atoms with Gasteiger partial charge >= 0.3 is 12.4 Å². The molecule has 158 valence electrons. The summed E-state index contributed by atoms with van der Waals surface area (Å²) in [7, 11) is 0. The van der Waals surface area contributed by atoms with E-state index in [1.807, 2.05) is 0 Å². The molecule has 1 aliphatic heterocycles. The highest BCUT2D eigenvalue weighted by Gasteiger charge is 2.34. The number of aromatic nitrogens is 1. The molecule has 0 N–H and O–H groups in total. The molecular weight excluding hydrogens is 412 g/mol. The fourth-order valence-corrected chi connectivity index (χ4v) is 3.39. The van der Waals surface area contributed by atoms with Crippen LogP contribution in [0.1, 0.15) is 31.7 Å². The molecule has 0 atom stereocenters. The molecule has 1 saturated heterocycles. The van der Waals surface area contributed by atoms with Gasteiger partial charge in [0.15, 0.2) is 0 Å². The number of anilines is 1. The number of carbonyl (C=O) groups is 1. The van der Waals surface area contributed by atoms with Crippen molar-refractivity contribution in [3.05, 3.63) is 22.8 Å². The summed E-state index contributed by atoms with van der Waals surface area (Å²) >= 11 is 5.94. The van der Waals surface area contributed by atoms with E-state index in [-0.39, 0.29) is 29.8 Å². The summed E-state index contributed by atoms with van der Waals surface area (Å²) in [6.07, 6.45) is -8.51. The van der Waals surface area contributed by atoms with E-state index >= 15 is 0 Å². The van der Waals surface area contributed by atoms with Gasteiger partial charge in [-0.25, -0.2) is 4.98 Å². The Bertz CT molecular complexity index is 686. The normalized spacial score (nSPS) is 16.4. The average Bonchev–Trinajstić information content (AvgIpc) is 2.60. The maximum atomic E-state index is 12.7. The van der Waals surface area contributed by atoms with Crippen LogP contribution in [0.3, 0.4) is 0 Å². The number of amides is 1. The van der Waals surface area contributed by atoms with Crippen LogP contribution in [0, 0.1) is 5.92 Å². The second-order valence-electron chi connectivity index (χ2n) is 6.57. The van der Waals surface area contributed by atoms with Gasteiger partial charge in [0.25, 0.3) is 0 Å². The van der Waals surface area contributed by atoms with E-state index in [4.69, 9.17) is 11.6 Å². The van der Waals surface area contributed by atoms with E-state index < -0.39 is 30.3 Å². The number of pyridine rings is 1. The fraction of sp³-hybridized carbons (Fsp3) is 0.647. The topological polar surface area (TPSA) is 36.4 Å². The van der Waals surface area contributed by atoms with Crippen LogP contribution in [-0.2, 0) is 11.0 Å². The molecule has 1 fully saturated rings. The molecule has 1 aliphatic rings. The Hall–Kier alpha value is -1.71. The van der Waals surface area contributed by atoms with E-state index in [0.29, 0.717) is 32.1 Å². The average molecular weight is 432 g/mol. The summed E-state index contributed by atoms with van der Waals surface area (Å²) in [5.74, 6) is -0.569. The lowest BCUT2D eigenvalue weighted by atomic mass is 9.95. The van der Waals surface area contributed by atoms with E-state index in [9.17, 15) is 31.1 Å². The van der Waals surface area contributed by atoms with Crippen molar-refractivity contribution in [3.63, 3.8) is 0 Å². The van der Waals surface area contributed by atoms with Crippen LogP contribution in [0.15, 0.2) is 12.3 Å². The van der Waals surface area contributed by atoms with Crippen molar-refractivity contribution in [1.29, 1.82) is 0 Å². The van der Waals surface area contributed by atoms with Gasteiger partial charge in [0.2, 0.25) is 5.91 Å². The number of hydrogen-bond donors (Lipinski definition) is 0. The summed E-state index contributed by atoms with van der Waals surface area (Å²) in [5, 5.41) is -0.139. The third-order valence-corrected chi connectivity index (χ3v) is 4.93. The summed E-state index contributed by atoms with van der Waals surface area (Å²) in [5.41, 5.74) is -0.949. The first kappa shape index (κ1) is 22.6. The molecule has 0 bridgehead atoms. The van der Waals surface area contributed by atoms with Gasteiger partial charge in [0, 0.05) is 38.3 Å². The molecule has 0 saturated carbocycles. The molecule has 0 radical (unpaired) electrons. The molecule has 1 amide bonds. The van der Waals surface area contributed by atoms with E-state index in [1.54, 1.807) is 11.8 Å². The number of alkyl halides is 6. The maximum Gasteiger partial charge on any atom is 0.417 e. The predicted octanol–water partition coefficient (Wildman–Crippen LogP) is 4.77. The van der Waals surface area contributed by atoms with Gasteiger partial charge in [0.1, 0.15) is 5.82 Å². The molecule has 0 unspecified atom stereocenters. The molecule has 1 aromatic rings. The summed E-state index contributed by atoms with van der Waals surface area (Å²) in [4.78, 5) is 19.2. The largest absolute Gasteiger partial charge is 0.417 e. The minimum Gasteiger partial charge on any atom is -0.355 e. The summed E-state index contributed by atoms with van der Waals surface area (Å²) < 4.78 is 75.3. The highest BCUT2D eigenvalue weighted by atomic mass is 35.5. The number of rotatable bonds is 5. The Morgan fingerprint density at radius 2 is 1.86 bits per heavy atom. The molecule has 0 spiro atoms. The first-order valence-corrected chi connectivity index (χ1v) is 9.13. The smallest absolute Gasteiger partial charge is 0.355 e. The van der Waals surface area contributed by atoms with Gasteiger partial charge in [-0.1, -0.05) is 11.6 Å². The molecule has 2 rings (SSSR count). The van der Waals surface area contributed by atoms with Crippen molar-refractivity contribution in [1.82, 2.24) is 9.88 Å². The van der Waals surface area contributed by atoms with Crippen LogP contribution in [0.5, 0.6) is 0 Å². The van der Waals surface area contributed by atoms with Crippen molar-refractivity contribution >= 4 is 23.3 Å². The minimum absolute atomic E-state index is 0.139. The van der Waals surface area contributed by atoms with Gasteiger partial charge in [0.05, 0.1) is 17.0 Å². The van der Waals surface area contributed by atoms with Gasteiger partial charge in [-0.05, 0) is 25.8 Å².